The van der Waals surface area contributed by atoms with Crippen molar-refractivity contribution in [3.05, 3.63) is 35.7 Å². The highest BCUT2D eigenvalue weighted by Crippen LogP contribution is 2.28. The third-order valence-electron chi connectivity index (χ3n) is 3.96. The van der Waals surface area contributed by atoms with Crippen LogP contribution in [-0.2, 0) is 4.74 Å². The topological polar surface area (TPSA) is 77.2 Å². The van der Waals surface area contributed by atoms with E-state index in [0.29, 0.717) is 29.2 Å². The molecule has 23 heavy (non-hydrogen) atoms. The van der Waals surface area contributed by atoms with Gasteiger partial charge in [0.2, 0.25) is 11.7 Å². The predicted octanol–water partition coefficient (Wildman–Crippen LogP) is 2.80. The smallest absolute Gasteiger partial charge is 0.337 e. The van der Waals surface area contributed by atoms with Gasteiger partial charge in [0.15, 0.2) is 0 Å². The Balaban J connectivity index is 0.00000192. The molecule has 2 heterocycles. The molecular weight excluding hydrogens is 318 g/mol. The molecule has 0 unspecified atom stereocenters. The van der Waals surface area contributed by atoms with Gasteiger partial charge in [-0.15, -0.1) is 12.4 Å². The van der Waals surface area contributed by atoms with Gasteiger partial charge in [-0.2, -0.15) is 4.98 Å². The first-order chi connectivity index (χ1) is 10.7. The molecule has 7 heteroatoms. The van der Waals surface area contributed by atoms with Crippen molar-refractivity contribution in [1.82, 2.24) is 15.5 Å². The van der Waals surface area contributed by atoms with Crippen molar-refractivity contribution in [1.29, 1.82) is 0 Å². The summed E-state index contributed by atoms with van der Waals surface area (Å²) in [5.41, 5.74) is 1.22. The summed E-state index contributed by atoms with van der Waals surface area (Å²) >= 11 is 0. The van der Waals surface area contributed by atoms with Gasteiger partial charge in [0.1, 0.15) is 0 Å². The number of nitrogens with zero attached hydrogens (tertiary/aromatic N) is 2. The van der Waals surface area contributed by atoms with E-state index in [1.54, 1.807) is 18.2 Å². The number of ether oxygens (including phenoxy) is 1. The normalized spacial score (nSPS) is 20.6. The van der Waals surface area contributed by atoms with E-state index in [9.17, 15) is 4.79 Å². The lowest BCUT2D eigenvalue weighted by molar-refractivity contribution is 0.0601. The average molecular weight is 338 g/mol. The monoisotopic (exact) mass is 337 g/mol. The molecule has 0 radical (unpaired) electrons. The standard InChI is InChI=1S/C16H19N3O3.ClH/c1-10-8-12(6-7-17-10)15-18-14(19-22-15)11-4-3-5-13(9-11)16(20)21-2;/h3-5,9-10,12,17H,6-8H2,1-2H3;1H/t10-,12-;/m0./s1. The molecule has 2 atom stereocenters. The molecule has 1 aromatic heterocycles. The van der Waals surface area contributed by atoms with Crippen molar-refractivity contribution in [2.24, 2.45) is 0 Å². The summed E-state index contributed by atoms with van der Waals surface area (Å²) in [7, 11) is 1.36. The van der Waals surface area contributed by atoms with Gasteiger partial charge in [-0.3, -0.25) is 0 Å². The minimum atomic E-state index is -0.377. The maximum absolute atomic E-state index is 11.6. The number of methoxy groups -OCH3 is 1. The van der Waals surface area contributed by atoms with Gasteiger partial charge in [-0.05, 0) is 38.4 Å². The first kappa shape index (κ1) is 17.4. The lowest BCUT2D eigenvalue weighted by atomic mass is 9.93. The average Bonchev–Trinajstić information content (AvgIpc) is 3.04. The predicted molar refractivity (Wildman–Crippen MR) is 87.8 cm³/mol. The lowest BCUT2D eigenvalue weighted by Crippen LogP contribution is -2.34. The van der Waals surface area contributed by atoms with E-state index in [-0.39, 0.29) is 18.4 Å². The second-order valence-electron chi connectivity index (χ2n) is 5.61. The molecule has 1 N–H and O–H groups in total. The van der Waals surface area contributed by atoms with Crippen LogP contribution in [0.5, 0.6) is 0 Å². The number of hydrogen-bond donors (Lipinski definition) is 1. The van der Waals surface area contributed by atoms with Crippen LogP contribution >= 0.6 is 12.4 Å². The van der Waals surface area contributed by atoms with Crippen LogP contribution in [-0.4, -0.2) is 35.8 Å². The summed E-state index contributed by atoms with van der Waals surface area (Å²) in [6, 6.07) is 7.50. The van der Waals surface area contributed by atoms with Crippen molar-refractivity contribution in [2.45, 2.75) is 31.7 Å². The molecule has 2 aromatic rings. The van der Waals surface area contributed by atoms with Gasteiger partial charge in [-0.1, -0.05) is 17.3 Å². The van der Waals surface area contributed by atoms with Crippen LogP contribution in [0, 0.1) is 0 Å². The summed E-state index contributed by atoms with van der Waals surface area (Å²) in [6.07, 6.45) is 1.98. The van der Waals surface area contributed by atoms with Crippen LogP contribution in [0.25, 0.3) is 11.4 Å². The van der Waals surface area contributed by atoms with Crippen LogP contribution in [0.2, 0.25) is 0 Å². The number of hydrogen-bond acceptors (Lipinski definition) is 6. The Morgan fingerprint density at radius 1 is 1.43 bits per heavy atom. The molecule has 1 aromatic carbocycles. The van der Waals surface area contributed by atoms with Gasteiger partial charge in [-0.25, -0.2) is 4.79 Å². The van der Waals surface area contributed by atoms with E-state index in [2.05, 4.69) is 22.4 Å². The number of aromatic nitrogens is 2. The summed E-state index contributed by atoms with van der Waals surface area (Å²) in [6.45, 7) is 3.12. The second kappa shape index (κ2) is 7.57. The number of carbonyl (C=O) groups excluding carboxylic acids is 1. The maximum Gasteiger partial charge on any atom is 0.337 e. The van der Waals surface area contributed by atoms with Crippen LogP contribution in [0.15, 0.2) is 28.8 Å². The fraction of sp³-hybridized carbons (Fsp3) is 0.438. The van der Waals surface area contributed by atoms with Gasteiger partial charge >= 0.3 is 5.97 Å². The van der Waals surface area contributed by atoms with E-state index in [1.165, 1.54) is 7.11 Å². The van der Waals surface area contributed by atoms with Crippen LogP contribution in [0.1, 0.15) is 41.9 Å². The Morgan fingerprint density at radius 3 is 3.00 bits per heavy atom. The number of esters is 1. The molecule has 0 aliphatic carbocycles. The lowest BCUT2D eigenvalue weighted by Gasteiger charge is -2.25. The molecule has 6 nitrogen and oxygen atoms in total. The zero-order valence-electron chi connectivity index (χ0n) is 13.1. The fourth-order valence-corrected chi connectivity index (χ4v) is 2.78. The quantitative estimate of drug-likeness (QED) is 0.868. The minimum absolute atomic E-state index is 0. The van der Waals surface area contributed by atoms with Crippen molar-refractivity contribution in [2.75, 3.05) is 13.7 Å². The maximum atomic E-state index is 11.6. The Bertz CT molecular complexity index is 674. The van der Waals surface area contributed by atoms with Crippen molar-refractivity contribution < 1.29 is 14.1 Å². The highest BCUT2D eigenvalue weighted by atomic mass is 35.5. The summed E-state index contributed by atoms with van der Waals surface area (Å²) < 4.78 is 10.2. The van der Waals surface area contributed by atoms with Crippen molar-refractivity contribution in [3.63, 3.8) is 0 Å². The molecule has 1 saturated heterocycles. The van der Waals surface area contributed by atoms with Crippen LogP contribution in [0.4, 0.5) is 0 Å². The van der Waals surface area contributed by atoms with Gasteiger partial charge < -0.3 is 14.6 Å². The Labute approximate surface area is 141 Å². The minimum Gasteiger partial charge on any atom is -0.465 e. The van der Waals surface area contributed by atoms with Gasteiger partial charge in [0.05, 0.1) is 12.7 Å². The molecule has 124 valence electrons. The first-order valence-corrected chi connectivity index (χ1v) is 7.43. The Morgan fingerprint density at radius 2 is 2.26 bits per heavy atom. The molecule has 3 rings (SSSR count). The summed E-state index contributed by atoms with van der Waals surface area (Å²) in [5, 5.41) is 7.46. The number of rotatable bonds is 3. The van der Waals surface area contributed by atoms with E-state index in [0.717, 1.165) is 24.9 Å². The first-order valence-electron chi connectivity index (χ1n) is 7.43. The number of nitrogens with one attached hydrogen (secondary N) is 1. The van der Waals surface area contributed by atoms with E-state index < -0.39 is 0 Å². The summed E-state index contributed by atoms with van der Waals surface area (Å²) in [5.74, 6) is 1.10. The SMILES string of the molecule is COC(=O)c1cccc(-c2noc([C@H]3CCN[C@@H](C)C3)n2)c1.Cl. The number of piperidine rings is 1. The fourth-order valence-electron chi connectivity index (χ4n) is 2.78. The Kier molecular flexibility index (Phi) is 5.74. The number of carbonyl (C=O) groups is 1. The Hall–Kier alpha value is -1.92. The second-order valence-corrected chi connectivity index (χ2v) is 5.61. The third-order valence-corrected chi connectivity index (χ3v) is 3.96. The van der Waals surface area contributed by atoms with Gasteiger partial charge in [0, 0.05) is 17.5 Å². The van der Waals surface area contributed by atoms with E-state index in [1.807, 2.05) is 6.07 Å². The number of benzene rings is 1. The third kappa shape index (κ3) is 3.89. The zero-order valence-corrected chi connectivity index (χ0v) is 13.9. The highest BCUT2D eigenvalue weighted by molar-refractivity contribution is 5.90. The number of halogens is 1. The molecule has 1 fully saturated rings. The van der Waals surface area contributed by atoms with Gasteiger partial charge in [0.25, 0.3) is 0 Å². The molecule has 1 aliphatic heterocycles. The van der Waals surface area contributed by atoms with Crippen molar-refractivity contribution >= 4 is 18.4 Å². The van der Waals surface area contributed by atoms with Crippen LogP contribution in [0.3, 0.4) is 0 Å². The van der Waals surface area contributed by atoms with Crippen molar-refractivity contribution in [3.8, 4) is 11.4 Å². The molecule has 0 spiro atoms. The largest absolute Gasteiger partial charge is 0.465 e. The molecule has 0 saturated carbocycles. The van der Waals surface area contributed by atoms with Crippen LogP contribution < -0.4 is 5.32 Å². The van der Waals surface area contributed by atoms with E-state index in [4.69, 9.17) is 9.26 Å². The molecular formula is C16H20ClN3O3. The molecule has 1 aliphatic rings. The zero-order chi connectivity index (χ0) is 15.5. The molecule has 0 amide bonds. The van der Waals surface area contributed by atoms with E-state index >= 15 is 0 Å². The highest BCUT2D eigenvalue weighted by Gasteiger charge is 2.25. The summed E-state index contributed by atoms with van der Waals surface area (Å²) in [4.78, 5) is 16.1. The molecule has 0 bridgehead atoms.